The summed E-state index contributed by atoms with van der Waals surface area (Å²) in [4.78, 5) is 10.5. The molecule has 0 saturated heterocycles. The highest BCUT2D eigenvalue weighted by atomic mass is 19.3. The molecule has 0 bridgehead atoms. The summed E-state index contributed by atoms with van der Waals surface area (Å²) in [5.74, 6) is -1.21. The molecule has 0 aliphatic heterocycles. The third-order valence-corrected chi connectivity index (χ3v) is 2.32. The quantitative estimate of drug-likeness (QED) is 0.746. The number of hydrogen-bond donors (Lipinski definition) is 1. The molecular formula is C8H12F2O3. The maximum Gasteiger partial charge on any atom is 0.345 e. The molecule has 0 unspecified atom stereocenters. The minimum absolute atomic E-state index is 0.377. The molecule has 0 aromatic carbocycles. The van der Waals surface area contributed by atoms with E-state index >= 15 is 0 Å². The normalized spacial score (nSPS) is 29.2. The predicted molar refractivity (Wildman–Crippen MR) is 40.5 cm³/mol. The van der Waals surface area contributed by atoms with Crippen molar-refractivity contribution in [2.24, 2.45) is 5.92 Å². The number of halogens is 2. The summed E-state index contributed by atoms with van der Waals surface area (Å²) < 4.78 is 27.8. The van der Waals surface area contributed by atoms with Crippen molar-refractivity contribution in [3.63, 3.8) is 0 Å². The summed E-state index contributed by atoms with van der Waals surface area (Å²) in [6.45, 7) is -2.74. The van der Waals surface area contributed by atoms with Crippen LogP contribution in [0.15, 0.2) is 0 Å². The molecule has 0 atom stereocenters. The van der Waals surface area contributed by atoms with Crippen LogP contribution in [0.5, 0.6) is 0 Å². The molecule has 3 nitrogen and oxygen atoms in total. The van der Waals surface area contributed by atoms with E-state index in [1.165, 1.54) is 0 Å². The Morgan fingerprint density at radius 2 is 1.85 bits per heavy atom. The van der Waals surface area contributed by atoms with E-state index in [-0.39, 0.29) is 5.92 Å². The van der Waals surface area contributed by atoms with Gasteiger partial charge in [0.1, 0.15) is 0 Å². The average molecular weight is 194 g/mol. The van der Waals surface area contributed by atoms with Crippen LogP contribution < -0.4 is 0 Å². The standard InChI is InChI=1S/C8H12F2O3/c9-8(10)13-6-3-1-5(2-4-6)7(11)12/h5-6,8H,1-4H2,(H,11,12). The molecule has 0 radical (unpaired) electrons. The highest BCUT2D eigenvalue weighted by Gasteiger charge is 2.27. The van der Waals surface area contributed by atoms with Crippen LogP contribution in [0.1, 0.15) is 25.7 Å². The van der Waals surface area contributed by atoms with Gasteiger partial charge in [-0.05, 0) is 25.7 Å². The summed E-state index contributed by atoms with van der Waals surface area (Å²) in [6, 6.07) is 0. The Balaban J connectivity index is 2.26. The first kappa shape index (κ1) is 10.4. The first-order chi connectivity index (χ1) is 6.09. The van der Waals surface area contributed by atoms with E-state index in [2.05, 4.69) is 4.74 Å². The Morgan fingerprint density at radius 3 is 2.23 bits per heavy atom. The Kier molecular flexibility index (Phi) is 3.59. The zero-order valence-electron chi connectivity index (χ0n) is 7.08. The van der Waals surface area contributed by atoms with E-state index in [0.717, 1.165) is 0 Å². The lowest BCUT2D eigenvalue weighted by Crippen LogP contribution is -2.27. The van der Waals surface area contributed by atoms with Crippen molar-refractivity contribution >= 4 is 5.97 Å². The lowest BCUT2D eigenvalue weighted by Gasteiger charge is -2.25. The predicted octanol–water partition coefficient (Wildman–Crippen LogP) is 1.87. The Labute approximate surface area is 74.7 Å². The molecule has 1 aliphatic rings. The number of carboxylic acids is 1. The van der Waals surface area contributed by atoms with Gasteiger partial charge < -0.3 is 9.84 Å². The van der Waals surface area contributed by atoms with Crippen molar-refractivity contribution in [2.75, 3.05) is 0 Å². The fourth-order valence-corrected chi connectivity index (χ4v) is 1.59. The molecule has 1 rings (SSSR count). The molecule has 1 aliphatic carbocycles. The summed E-state index contributed by atoms with van der Waals surface area (Å²) in [5, 5.41) is 8.62. The van der Waals surface area contributed by atoms with Gasteiger partial charge >= 0.3 is 12.6 Å². The summed E-state index contributed by atoms with van der Waals surface area (Å²) in [6.07, 6.45) is 1.25. The Hall–Kier alpha value is -0.710. The van der Waals surface area contributed by atoms with Crippen molar-refractivity contribution in [2.45, 2.75) is 38.4 Å². The second kappa shape index (κ2) is 4.50. The van der Waals surface area contributed by atoms with Crippen LogP contribution in [0.4, 0.5) is 8.78 Å². The molecule has 13 heavy (non-hydrogen) atoms. The highest BCUT2D eigenvalue weighted by molar-refractivity contribution is 5.69. The first-order valence-corrected chi connectivity index (χ1v) is 4.26. The van der Waals surface area contributed by atoms with E-state index in [1.807, 2.05) is 0 Å². The Bertz CT molecular complexity index is 176. The third kappa shape index (κ3) is 3.26. The molecule has 5 heteroatoms. The smallest absolute Gasteiger partial charge is 0.345 e. The number of carbonyl (C=O) groups is 1. The van der Waals surface area contributed by atoms with Gasteiger partial charge in [-0.3, -0.25) is 4.79 Å². The van der Waals surface area contributed by atoms with Crippen LogP contribution in [0.2, 0.25) is 0 Å². The second-order valence-corrected chi connectivity index (χ2v) is 3.21. The van der Waals surface area contributed by atoms with E-state index in [4.69, 9.17) is 5.11 Å². The number of aliphatic carboxylic acids is 1. The largest absolute Gasteiger partial charge is 0.481 e. The third-order valence-electron chi connectivity index (χ3n) is 2.32. The number of alkyl halides is 2. The summed E-state index contributed by atoms with van der Waals surface area (Å²) in [5.41, 5.74) is 0. The van der Waals surface area contributed by atoms with Crippen LogP contribution >= 0.6 is 0 Å². The van der Waals surface area contributed by atoms with Gasteiger partial charge in [0, 0.05) is 0 Å². The fourth-order valence-electron chi connectivity index (χ4n) is 1.59. The monoisotopic (exact) mass is 194 g/mol. The topological polar surface area (TPSA) is 46.5 Å². The lowest BCUT2D eigenvalue weighted by molar-refractivity contribution is -0.173. The van der Waals surface area contributed by atoms with Gasteiger partial charge in [-0.2, -0.15) is 8.78 Å². The maximum atomic E-state index is 11.7. The van der Waals surface area contributed by atoms with Crippen LogP contribution in [-0.2, 0) is 9.53 Å². The lowest BCUT2D eigenvalue weighted by atomic mass is 9.87. The molecule has 0 heterocycles. The van der Waals surface area contributed by atoms with Crippen molar-refractivity contribution in [3.8, 4) is 0 Å². The van der Waals surface area contributed by atoms with Gasteiger partial charge in [0.05, 0.1) is 12.0 Å². The maximum absolute atomic E-state index is 11.7. The van der Waals surface area contributed by atoms with Gasteiger partial charge in [-0.25, -0.2) is 0 Å². The van der Waals surface area contributed by atoms with Crippen molar-refractivity contribution in [3.05, 3.63) is 0 Å². The van der Waals surface area contributed by atoms with Gasteiger partial charge in [-0.15, -0.1) is 0 Å². The van der Waals surface area contributed by atoms with Crippen molar-refractivity contribution in [1.82, 2.24) is 0 Å². The van der Waals surface area contributed by atoms with Gasteiger partial charge in [0.25, 0.3) is 0 Å². The zero-order chi connectivity index (χ0) is 9.84. The number of hydrogen-bond acceptors (Lipinski definition) is 2. The molecule has 0 amide bonds. The first-order valence-electron chi connectivity index (χ1n) is 4.26. The fraction of sp³-hybridized carbons (Fsp3) is 0.875. The van der Waals surface area contributed by atoms with E-state index in [9.17, 15) is 13.6 Å². The van der Waals surface area contributed by atoms with E-state index in [1.54, 1.807) is 0 Å². The molecule has 1 fully saturated rings. The van der Waals surface area contributed by atoms with Gasteiger partial charge in [0.2, 0.25) is 0 Å². The SMILES string of the molecule is O=C(O)C1CCC(OC(F)F)CC1. The highest BCUT2D eigenvalue weighted by Crippen LogP contribution is 2.27. The van der Waals surface area contributed by atoms with Crippen molar-refractivity contribution < 1.29 is 23.4 Å². The van der Waals surface area contributed by atoms with Crippen LogP contribution in [0, 0.1) is 5.92 Å². The second-order valence-electron chi connectivity index (χ2n) is 3.21. The number of carboxylic acid groups (broad SMARTS) is 1. The Morgan fingerprint density at radius 1 is 1.31 bits per heavy atom. The zero-order valence-corrected chi connectivity index (χ0v) is 7.08. The van der Waals surface area contributed by atoms with Crippen molar-refractivity contribution in [1.29, 1.82) is 0 Å². The van der Waals surface area contributed by atoms with Crippen LogP contribution in [0.3, 0.4) is 0 Å². The number of ether oxygens (including phenoxy) is 1. The minimum atomic E-state index is -2.74. The average Bonchev–Trinajstić information content (AvgIpc) is 2.04. The minimum Gasteiger partial charge on any atom is -0.481 e. The molecule has 1 saturated carbocycles. The molecule has 0 aromatic rings. The van der Waals surface area contributed by atoms with Crippen LogP contribution in [-0.4, -0.2) is 23.8 Å². The van der Waals surface area contributed by atoms with E-state index < -0.39 is 18.7 Å². The molecule has 76 valence electrons. The summed E-state index contributed by atoms with van der Waals surface area (Å²) >= 11 is 0. The van der Waals surface area contributed by atoms with Gasteiger partial charge in [-0.1, -0.05) is 0 Å². The molecule has 0 spiro atoms. The van der Waals surface area contributed by atoms with Gasteiger partial charge in [0.15, 0.2) is 0 Å². The summed E-state index contributed by atoms with van der Waals surface area (Å²) in [7, 11) is 0. The molecular weight excluding hydrogens is 182 g/mol. The molecule has 0 aromatic heterocycles. The molecule has 1 N–H and O–H groups in total. The van der Waals surface area contributed by atoms with E-state index in [0.29, 0.717) is 25.7 Å². The van der Waals surface area contributed by atoms with Crippen LogP contribution in [0.25, 0.3) is 0 Å². The number of rotatable bonds is 3.